The maximum absolute atomic E-state index is 5.80. The molecule has 94 valence electrons. The Hall–Kier alpha value is -2.55. The fourth-order valence-electron chi connectivity index (χ4n) is 1.91. The second kappa shape index (κ2) is 5.40. The predicted molar refractivity (Wildman–Crippen MR) is 74.8 cm³/mol. The van der Waals surface area contributed by atoms with Crippen LogP contribution in [0.2, 0.25) is 0 Å². The zero-order valence-electron chi connectivity index (χ0n) is 10.4. The van der Waals surface area contributed by atoms with Gasteiger partial charge in [-0.3, -0.25) is 0 Å². The highest BCUT2D eigenvalue weighted by molar-refractivity contribution is 5.60. The molecule has 0 bridgehead atoms. The quantitative estimate of drug-likeness (QED) is 0.767. The summed E-state index contributed by atoms with van der Waals surface area (Å²) in [5.74, 6) is 0.857. The second-order valence-electron chi connectivity index (χ2n) is 4.27. The lowest BCUT2D eigenvalue weighted by molar-refractivity contribution is 0.306. The van der Waals surface area contributed by atoms with Gasteiger partial charge in [0, 0.05) is 5.56 Å². The van der Waals surface area contributed by atoms with Crippen LogP contribution in [0, 0.1) is 0 Å². The molecular formula is C16H14N2O. The minimum absolute atomic E-state index is 0.577. The molecule has 0 fully saturated rings. The van der Waals surface area contributed by atoms with E-state index in [9.17, 15) is 0 Å². The molecule has 0 aliphatic rings. The average molecular weight is 250 g/mol. The van der Waals surface area contributed by atoms with Crippen molar-refractivity contribution < 1.29 is 4.74 Å². The van der Waals surface area contributed by atoms with Crippen molar-refractivity contribution in [3.8, 4) is 17.0 Å². The Morgan fingerprint density at radius 3 is 2.68 bits per heavy atom. The molecule has 1 heterocycles. The summed E-state index contributed by atoms with van der Waals surface area (Å²) in [5, 5.41) is 0. The van der Waals surface area contributed by atoms with Gasteiger partial charge in [-0.15, -0.1) is 0 Å². The highest BCUT2D eigenvalue weighted by Crippen LogP contribution is 2.22. The summed E-state index contributed by atoms with van der Waals surface area (Å²) in [7, 11) is 0. The topological polar surface area (TPSA) is 37.9 Å². The molecule has 0 unspecified atom stereocenters. The highest BCUT2D eigenvalue weighted by atomic mass is 16.5. The van der Waals surface area contributed by atoms with Crippen molar-refractivity contribution in [1.29, 1.82) is 0 Å². The van der Waals surface area contributed by atoms with E-state index in [2.05, 4.69) is 22.1 Å². The normalized spacial score (nSPS) is 10.3. The number of imidazole rings is 1. The van der Waals surface area contributed by atoms with E-state index < -0.39 is 0 Å². The molecular weight excluding hydrogens is 236 g/mol. The molecule has 0 amide bonds. The molecule has 0 radical (unpaired) electrons. The standard InChI is InChI=1S/C16H14N2O/c1-2-5-13(6-3-1)11-19-15-8-4-7-14(9-15)16-10-17-12-18-16/h1-10,12H,11H2,(H,17,18). The average Bonchev–Trinajstić information content (AvgIpc) is 3.01. The highest BCUT2D eigenvalue weighted by Gasteiger charge is 2.01. The van der Waals surface area contributed by atoms with E-state index in [4.69, 9.17) is 4.74 Å². The number of nitrogens with one attached hydrogen (secondary N) is 1. The fourth-order valence-corrected chi connectivity index (χ4v) is 1.91. The zero-order chi connectivity index (χ0) is 12.9. The molecule has 3 aromatic rings. The summed E-state index contributed by atoms with van der Waals surface area (Å²) in [6, 6.07) is 18.1. The van der Waals surface area contributed by atoms with Gasteiger partial charge in [0.25, 0.3) is 0 Å². The van der Waals surface area contributed by atoms with Crippen LogP contribution < -0.4 is 4.74 Å². The van der Waals surface area contributed by atoms with E-state index >= 15 is 0 Å². The molecule has 0 saturated carbocycles. The van der Waals surface area contributed by atoms with E-state index in [1.807, 2.05) is 42.5 Å². The maximum atomic E-state index is 5.80. The van der Waals surface area contributed by atoms with Crippen molar-refractivity contribution in [3.63, 3.8) is 0 Å². The lowest BCUT2D eigenvalue weighted by Crippen LogP contribution is -1.94. The van der Waals surface area contributed by atoms with Gasteiger partial charge in [-0.2, -0.15) is 0 Å². The van der Waals surface area contributed by atoms with Crippen molar-refractivity contribution in [1.82, 2.24) is 9.97 Å². The number of benzene rings is 2. The lowest BCUT2D eigenvalue weighted by Gasteiger charge is -2.07. The van der Waals surface area contributed by atoms with Crippen LogP contribution in [0.5, 0.6) is 5.75 Å². The van der Waals surface area contributed by atoms with Crippen molar-refractivity contribution >= 4 is 0 Å². The first-order valence-electron chi connectivity index (χ1n) is 6.17. The molecule has 2 aromatic carbocycles. The van der Waals surface area contributed by atoms with Gasteiger partial charge in [-0.25, -0.2) is 4.98 Å². The Labute approximate surface area is 111 Å². The van der Waals surface area contributed by atoms with E-state index in [-0.39, 0.29) is 0 Å². The van der Waals surface area contributed by atoms with Crippen LogP contribution in [0.3, 0.4) is 0 Å². The molecule has 3 heteroatoms. The molecule has 0 aliphatic heterocycles. The lowest BCUT2D eigenvalue weighted by atomic mass is 10.1. The number of H-pyrrole nitrogens is 1. The van der Waals surface area contributed by atoms with Crippen molar-refractivity contribution in [2.24, 2.45) is 0 Å². The summed E-state index contributed by atoms with van der Waals surface area (Å²) in [4.78, 5) is 7.11. The number of ether oxygens (including phenoxy) is 1. The number of aromatic nitrogens is 2. The molecule has 0 saturated heterocycles. The Kier molecular flexibility index (Phi) is 3.28. The first kappa shape index (κ1) is 11.5. The SMILES string of the molecule is c1ccc(COc2cccc(-c3cnc[nH]3)c2)cc1. The van der Waals surface area contributed by atoms with Gasteiger partial charge < -0.3 is 9.72 Å². The first-order chi connectivity index (χ1) is 9.42. The molecule has 3 nitrogen and oxygen atoms in total. The number of nitrogens with zero attached hydrogens (tertiary/aromatic N) is 1. The summed E-state index contributed by atoms with van der Waals surface area (Å²) in [6.07, 6.45) is 3.48. The van der Waals surface area contributed by atoms with Gasteiger partial charge in [-0.1, -0.05) is 42.5 Å². The van der Waals surface area contributed by atoms with Crippen LogP contribution >= 0.6 is 0 Å². The van der Waals surface area contributed by atoms with E-state index in [0.717, 1.165) is 22.6 Å². The van der Waals surface area contributed by atoms with Crippen LogP contribution in [-0.2, 0) is 6.61 Å². The van der Waals surface area contributed by atoms with Crippen molar-refractivity contribution in [3.05, 3.63) is 72.7 Å². The van der Waals surface area contributed by atoms with Crippen molar-refractivity contribution in [2.45, 2.75) is 6.61 Å². The Morgan fingerprint density at radius 2 is 1.89 bits per heavy atom. The summed E-state index contributed by atoms with van der Waals surface area (Å²) >= 11 is 0. The largest absolute Gasteiger partial charge is 0.489 e. The van der Waals surface area contributed by atoms with Crippen molar-refractivity contribution in [2.75, 3.05) is 0 Å². The van der Waals surface area contributed by atoms with Crippen LogP contribution in [-0.4, -0.2) is 9.97 Å². The summed E-state index contributed by atoms with van der Waals surface area (Å²) in [6.45, 7) is 0.577. The monoisotopic (exact) mass is 250 g/mol. The second-order valence-corrected chi connectivity index (χ2v) is 4.27. The van der Waals surface area contributed by atoms with E-state index in [1.165, 1.54) is 0 Å². The Bertz CT molecular complexity index is 633. The van der Waals surface area contributed by atoms with E-state index in [1.54, 1.807) is 12.5 Å². The third kappa shape index (κ3) is 2.83. The van der Waals surface area contributed by atoms with Gasteiger partial charge >= 0.3 is 0 Å². The van der Waals surface area contributed by atoms with Gasteiger partial charge in [0.15, 0.2) is 0 Å². The molecule has 1 aromatic heterocycles. The van der Waals surface area contributed by atoms with E-state index in [0.29, 0.717) is 6.61 Å². The molecule has 3 rings (SSSR count). The van der Waals surface area contributed by atoms with Gasteiger partial charge in [0.2, 0.25) is 0 Å². The molecule has 0 spiro atoms. The summed E-state index contributed by atoms with van der Waals surface area (Å²) in [5.41, 5.74) is 3.22. The fraction of sp³-hybridized carbons (Fsp3) is 0.0625. The van der Waals surface area contributed by atoms with Crippen LogP contribution in [0.25, 0.3) is 11.3 Å². The van der Waals surface area contributed by atoms with Crippen LogP contribution in [0.4, 0.5) is 0 Å². The summed E-state index contributed by atoms with van der Waals surface area (Å²) < 4.78 is 5.80. The van der Waals surface area contributed by atoms with Crippen LogP contribution in [0.1, 0.15) is 5.56 Å². The third-order valence-corrected chi connectivity index (χ3v) is 2.89. The molecule has 0 aliphatic carbocycles. The predicted octanol–water partition coefficient (Wildman–Crippen LogP) is 3.66. The molecule has 1 N–H and O–H groups in total. The van der Waals surface area contributed by atoms with Gasteiger partial charge in [0.1, 0.15) is 12.4 Å². The number of rotatable bonds is 4. The zero-order valence-corrected chi connectivity index (χ0v) is 10.4. The minimum atomic E-state index is 0.577. The first-order valence-corrected chi connectivity index (χ1v) is 6.17. The third-order valence-electron chi connectivity index (χ3n) is 2.89. The molecule has 0 atom stereocenters. The number of hydrogen-bond acceptors (Lipinski definition) is 2. The van der Waals surface area contributed by atoms with Crippen LogP contribution in [0.15, 0.2) is 67.1 Å². The number of aromatic amines is 1. The molecule has 19 heavy (non-hydrogen) atoms. The Morgan fingerprint density at radius 1 is 1.00 bits per heavy atom. The maximum Gasteiger partial charge on any atom is 0.120 e. The Balaban J connectivity index is 1.74. The van der Waals surface area contributed by atoms with Gasteiger partial charge in [0.05, 0.1) is 18.2 Å². The smallest absolute Gasteiger partial charge is 0.120 e. The van der Waals surface area contributed by atoms with Gasteiger partial charge in [-0.05, 0) is 17.7 Å². The minimum Gasteiger partial charge on any atom is -0.489 e. The number of hydrogen-bond donors (Lipinski definition) is 1.